The largest absolute Gasteiger partial charge is 0.493 e. The summed E-state index contributed by atoms with van der Waals surface area (Å²) < 4.78 is 21.7. The van der Waals surface area contributed by atoms with E-state index in [1.165, 1.54) is 20.1 Å². The number of hydrogen-bond donors (Lipinski definition) is 0. The highest BCUT2D eigenvalue weighted by molar-refractivity contribution is 5.90. The average molecular weight is 486 g/mol. The Kier molecular flexibility index (Phi) is 8.51. The SMILES string of the molecule is COc1cc(/C=C/C(=O)OC(C)C(=O)N2CCN(C(C)=O)CC2)ccc1OCc1c(C)noc1C. The lowest BCUT2D eigenvalue weighted by atomic mass is 10.2. The molecule has 1 fully saturated rings. The van der Waals surface area contributed by atoms with E-state index in [4.69, 9.17) is 18.7 Å². The number of benzene rings is 1. The predicted octanol–water partition coefficient (Wildman–Crippen LogP) is 2.51. The van der Waals surface area contributed by atoms with Crippen molar-refractivity contribution in [2.24, 2.45) is 0 Å². The molecule has 1 aromatic heterocycles. The lowest BCUT2D eigenvalue weighted by molar-refractivity contribution is -0.156. The summed E-state index contributed by atoms with van der Waals surface area (Å²) in [4.78, 5) is 39.6. The van der Waals surface area contributed by atoms with Gasteiger partial charge in [-0.25, -0.2) is 4.79 Å². The number of methoxy groups -OCH3 is 1. The van der Waals surface area contributed by atoms with Gasteiger partial charge in [0.1, 0.15) is 12.4 Å². The van der Waals surface area contributed by atoms with E-state index < -0.39 is 12.1 Å². The van der Waals surface area contributed by atoms with Gasteiger partial charge in [0.25, 0.3) is 5.91 Å². The van der Waals surface area contributed by atoms with E-state index in [2.05, 4.69) is 5.16 Å². The maximum Gasteiger partial charge on any atom is 0.331 e. The lowest BCUT2D eigenvalue weighted by Gasteiger charge is -2.35. The Morgan fingerprint density at radius 1 is 1.11 bits per heavy atom. The van der Waals surface area contributed by atoms with Gasteiger partial charge >= 0.3 is 5.97 Å². The van der Waals surface area contributed by atoms with Gasteiger partial charge in [0.05, 0.1) is 18.4 Å². The highest BCUT2D eigenvalue weighted by Gasteiger charge is 2.27. The van der Waals surface area contributed by atoms with Crippen LogP contribution in [0.25, 0.3) is 6.08 Å². The fraction of sp³-hybridized carbons (Fsp3) is 0.440. The maximum absolute atomic E-state index is 12.6. The van der Waals surface area contributed by atoms with Crippen LogP contribution in [0.4, 0.5) is 0 Å². The molecule has 0 N–H and O–H groups in total. The predicted molar refractivity (Wildman–Crippen MR) is 127 cm³/mol. The van der Waals surface area contributed by atoms with Crippen LogP contribution in [0.5, 0.6) is 11.5 Å². The summed E-state index contributed by atoms with van der Waals surface area (Å²) in [6.07, 6.45) is 1.91. The molecule has 1 aliphatic rings. The molecule has 1 atom stereocenters. The number of nitrogens with zero attached hydrogens (tertiary/aromatic N) is 3. The summed E-state index contributed by atoms with van der Waals surface area (Å²) >= 11 is 0. The number of aromatic nitrogens is 1. The molecule has 0 spiro atoms. The third-order valence-electron chi connectivity index (χ3n) is 5.83. The third-order valence-corrected chi connectivity index (χ3v) is 5.83. The summed E-state index contributed by atoms with van der Waals surface area (Å²) in [6, 6.07) is 5.25. The van der Waals surface area contributed by atoms with E-state index in [0.717, 1.165) is 11.3 Å². The van der Waals surface area contributed by atoms with Crippen LogP contribution in [0.3, 0.4) is 0 Å². The van der Waals surface area contributed by atoms with E-state index in [1.54, 1.807) is 41.0 Å². The van der Waals surface area contributed by atoms with Crippen LogP contribution in [0.1, 0.15) is 36.4 Å². The van der Waals surface area contributed by atoms with E-state index in [1.807, 2.05) is 13.8 Å². The Labute approximate surface area is 204 Å². The van der Waals surface area contributed by atoms with Gasteiger partial charge in [-0.05, 0) is 44.5 Å². The van der Waals surface area contributed by atoms with Gasteiger partial charge in [0.15, 0.2) is 17.6 Å². The summed E-state index contributed by atoms with van der Waals surface area (Å²) in [5.74, 6) is 0.808. The Balaban J connectivity index is 1.54. The van der Waals surface area contributed by atoms with Crippen LogP contribution in [0.2, 0.25) is 0 Å². The zero-order chi connectivity index (χ0) is 25.5. The van der Waals surface area contributed by atoms with Crippen molar-refractivity contribution >= 4 is 23.9 Å². The molecule has 188 valence electrons. The number of hydrogen-bond acceptors (Lipinski definition) is 8. The van der Waals surface area contributed by atoms with Crippen LogP contribution in [0.15, 0.2) is 28.8 Å². The monoisotopic (exact) mass is 485 g/mol. The van der Waals surface area contributed by atoms with Crippen LogP contribution >= 0.6 is 0 Å². The smallest absolute Gasteiger partial charge is 0.331 e. The highest BCUT2D eigenvalue weighted by Crippen LogP contribution is 2.30. The minimum Gasteiger partial charge on any atom is -0.493 e. The van der Waals surface area contributed by atoms with Crippen LogP contribution < -0.4 is 9.47 Å². The fourth-order valence-electron chi connectivity index (χ4n) is 3.69. The summed E-state index contributed by atoms with van der Waals surface area (Å²) in [5, 5.41) is 3.92. The second kappa shape index (κ2) is 11.5. The molecule has 3 rings (SSSR count). The molecule has 0 radical (unpaired) electrons. The molecule has 1 saturated heterocycles. The zero-order valence-corrected chi connectivity index (χ0v) is 20.7. The number of carbonyl (C=O) groups is 3. The van der Waals surface area contributed by atoms with Crippen molar-refractivity contribution in [3.05, 3.63) is 46.9 Å². The second-order valence-electron chi connectivity index (χ2n) is 8.25. The molecular weight excluding hydrogens is 454 g/mol. The first-order valence-corrected chi connectivity index (χ1v) is 11.3. The summed E-state index contributed by atoms with van der Waals surface area (Å²) in [5.41, 5.74) is 2.34. The molecule has 2 aromatic rings. The molecule has 2 amide bonds. The van der Waals surface area contributed by atoms with E-state index in [9.17, 15) is 14.4 Å². The molecule has 10 heteroatoms. The Bertz CT molecular complexity index is 1080. The van der Waals surface area contributed by atoms with Gasteiger partial charge in [0, 0.05) is 39.2 Å². The van der Waals surface area contributed by atoms with Crippen molar-refractivity contribution in [1.29, 1.82) is 0 Å². The topological polar surface area (TPSA) is 111 Å². The lowest BCUT2D eigenvalue weighted by Crippen LogP contribution is -2.52. The normalized spacial score (nSPS) is 14.7. The van der Waals surface area contributed by atoms with Gasteiger partial charge in [-0.1, -0.05) is 11.2 Å². The molecule has 0 saturated carbocycles. The Morgan fingerprint density at radius 2 is 1.80 bits per heavy atom. The molecule has 0 aliphatic carbocycles. The Hall–Kier alpha value is -3.82. The van der Waals surface area contributed by atoms with Crippen LogP contribution in [0, 0.1) is 13.8 Å². The minimum atomic E-state index is -0.925. The van der Waals surface area contributed by atoms with Crippen LogP contribution in [-0.4, -0.2) is 72.1 Å². The molecule has 10 nitrogen and oxygen atoms in total. The van der Waals surface area contributed by atoms with Gasteiger partial charge in [-0.15, -0.1) is 0 Å². The van der Waals surface area contributed by atoms with Gasteiger partial charge < -0.3 is 28.5 Å². The number of carbonyl (C=O) groups excluding carboxylic acids is 3. The first kappa shape index (κ1) is 25.8. The van der Waals surface area contributed by atoms with Crippen molar-refractivity contribution in [2.45, 2.75) is 40.4 Å². The van der Waals surface area contributed by atoms with Crippen molar-refractivity contribution in [3.63, 3.8) is 0 Å². The van der Waals surface area contributed by atoms with Crippen molar-refractivity contribution in [3.8, 4) is 11.5 Å². The molecule has 1 aromatic carbocycles. The highest BCUT2D eigenvalue weighted by atomic mass is 16.5. The summed E-state index contributed by atoms with van der Waals surface area (Å²) in [6.45, 7) is 8.79. The number of aryl methyl sites for hydroxylation is 2. The number of ether oxygens (including phenoxy) is 3. The number of rotatable bonds is 8. The van der Waals surface area contributed by atoms with E-state index in [0.29, 0.717) is 49.0 Å². The number of piperazine rings is 1. The minimum absolute atomic E-state index is 0.0154. The first-order valence-electron chi connectivity index (χ1n) is 11.3. The van der Waals surface area contributed by atoms with E-state index in [-0.39, 0.29) is 18.4 Å². The fourth-order valence-corrected chi connectivity index (χ4v) is 3.69. The molecule has 1 aliphatic heterocycles. The molecule has 2 heterocycles. The quantitative estimate of drug-likeness (QED) is 0.414. The van der Waals surface area contributed by atoms with Gasteiger partial charge in [-0.3, -0.25) is 9.59 Å². The van der Waals surface area contributed by atoms with Crippen molar-refractivity contribution < 1.29 is 33.1 Å². The molecule has 1 unspecified atom stereocenters. The molecule has 0 bridgehead atoms. The maximum atomic E-state index is 12.6. The standard InChI is InChI=1S/C25H31N3O7/c1-16-21(17(2)35-26-16)15-33-22-8-6-20(14-23(22)32-5)7-9-24(30)34-18(3)25(31)28-12-10-27(11-13-28)19(4)29/h6-9,14,18H,10-13,15H2,1-5H3/b9-7+. The van der Waals surface area contributed by atoms with Crippen molar-refractivity contribution in [1.82, 2.24) is 15.0 Å². The Morgan fingerprint density at radius 3 is 2.40 bits per heavy atom. The number of esters is 1. The van der Waals surface area contributed by atoms with Gasteiger partial charge in [-0.2, -0.15) is 0 Å². The average Bonchev–Trinajstić information content (AvgIpc) is 3.17. The van der Waals surface area contributed by atoms with Crippen molar-refractivity contribution in [2.75, 3.05) is 33.3 Å². The van der Waals surface area contributed by atoms with E-state index >= 15 is 0 Å². The number of amides is 2. The third kappa shape index (κ3) is 6.62. The summed E-state index contributed by atoms with van der Waals surface area (Å²) in [7, 11) is 1.53. The molecule has 35 heavy (non-hydrogen) atoms. The second-order valence-corrected chi connectivity index (χ2v) is 8.25. The first-order chi connectivity index (χ1) is 16.7. The van der Waals surface area contributed by atoms with Gasteiger partial charge in [0.2, 0.25) is 5.91 Å². The molecular formula is C25H31N3O7. The zero-order valence-electron chi connectivity index (χ0n) is 20.7. The van der Waals surface area contributed by atoms with Crippen LogP contribution in [-0.2, 0) is 25.7 Å².